The molecule has 2 heterocycles. The lowest BCUT2D eigenvalue weighted by atomic mass is 10.0. The van der Waals surface area contributed by atoms with Crippen LogP contribution in [-0.4, -0.2) is 71.8 Å². The molecule has 2 saturated heterocycles. The SMILES string of the molecule is C[C@@H]1CCCCN1C(=O)CN1CCN(C(=O)c2ccccc2I)CC1. The molecule has 0 saturated carbocycles. The summed E-state index contributed by atoms with van der Waals surface area (Å²) in [7, 11) is 0. The predicted molar refractivity (Wildman–Crippen MR) is 107 cm³/mol. The van der Waals surface area contributed by atoms with Crippen molar-refractivity contribution in [1.82, 2.24) is 14.7 Å². The maximum absolute atomic E-state index is 12.7. The topological polar surface area (TPSA) is 43.9 Å². The van der Waals surface area contributed by atoms with E-state index in [9.17, 15) is 9.59 Å². The van der Waals surface area contributed by atoms with Crippen LogP contribution in [0.4, 0.5) is 0 Å². The zero-order valence-electron chi connectivity index (χ0n) is 14.8. The Balaban J connectivity index is 1.51. The Hall–Kier alpha value is -1.15. The van der Waals surface area contributed by atoms with Crippen LogP contribution in [0.15, 0.2) is 24.3 Å². The standard InChI is InChI=1S/C19H26IN3O2/c1-15-6-4-5-9-23(15)18(24)14-21-10-12-22(13-11-21)19(25)16-7-2-3-8-17(16)20/h2-3,7-8,15H,4-6,9-14H2,1H3/t15-/m1/s1. The monoisotopic (exact) mass is 455 g/mol. The molecule has 0 spiro atoms. The molecule has 1 aromatic rings. The zero-order chi connectivity index (χ0) is 17.8. The van der Waals surface area contributed by atoms with Crippen molar-refractivity contribution in [2.75, 3.05) is 39.3 Å². The van der Waals surface area contributed by atoms with Crippen LogP contribution in [0.25, 0.3) is 0 Å². The van der Waals surface area contributed by atoms with Crippen molar-refractivity contribution in [3.63, 3.8) is 0 Å². The van der Waals surface area contributed by atoms with Gasteiger partial charge in [0.05, 0.1) is 12.1 Å². The van der Waals surface area contributed by atoms with Gasteiger partial charge in [0.1, 0.15) is 0 Å². The quantitative estimate of drug-likeness (QED) is 0.658. The number of hydrogen-bond acceptors (Lipinski definition) is 3. The molecule has 6 heteroatoms. The lowest BCUT2D eigenvalue weighted by molar-refractivity contribution is -0.136. The fourth-order valence-electron chi connectivity index (χ4n) is 3.66. The molecule has 0 N–H and O–H groups in total. The number of likely N-dealkylation sites (tertiary alicyclic amines) is 1. The first-order valence-corrected chi connectivity index (χ1v) is 10.2. The third-order valence-electron chi connectivity index (χ3n) is 5.25. The van der Waals surface area contributed by atoms with Crippen molar-refractivity contribution in [3.05, 3.63) is 33.4 Å². The molecule has 1 aromatic carbocycles. The number of carbonyl (C=O) groups is 2. The van der Waals surface area contributed by atoms with Gasteiger partial charge in [-0.2, -0.15) is 0 Å². The van der Waals surface area contributed by atoms with Gasteiger partial charge in [-0.25, -0.2) is 0 Å². The number of benzene rings is 1. The highest BCUT2D eigenvalue weighted by Gasteiger charge is 2.28. The molecule has 0 aliphatic carbocycles. The summed E-state index contributed by atoms with van der Waals surface area (Å²) < 4.78 is 0.988. The number of halogens is 1. The number of piperazine rings is 1. The fourth-order valence-corrected chi connectivity index (χ4v) is 4.28. The molecule has 3 rings (SSSR count). The molecule has 0 radical (unpaired) electrons. The Morgan fingerprint density at radius 3 is 2.48 bits per heavy atom. The molecule has 2 aliphatic rings. The molecule has 136 valence electrons. The van der Waals surface area contributed by atoms with Crippen LogP contribution in [0.2, 0.25) is 0 Å². The van der Waals surface area contributed by atoms with Crippen molar-refractivity contribution >= 4 is 34.4 Å². The largest absolute Gasteiger partial charge is 0.339 e. The molecular weight excluding hydrogens is 429 g/mol. The van der Waals surface area contributed by atoms with E-state index in [0.29, 0.717) is 25.7 Å². The van der Waals surface area contributed by atoms with Crippen molar-refractivity contribution in [2.24, 2.45) is 0 Å². The molecule has 5 nitrogen and oxygen atoms in total. The number of hydrogen-bond donors (Lipinski definition) is 0. The second kappa shape index (κ2) is 8.49. The van der Waals surface area contributed by atoms with Gasteiger partial charge in [0, 0.05) is 42.3 Å². The molecular formula is C19H26IN3O2. The third kappa shape index (κ3) is 4.53. The highest BCUT2D eigenvalue weighted by atomic mass is 127. The minimum atomic E-state index is 0.0978. The summed E-state index contributed by atoms with van der Waals surface area (Å²) in [5.41, 5.74) is 0.773. The number of amides is 2. The summed E-state index contributed by atoms with van der Waals surface area (Å²) in [5, 5.41) is 0. The molecule has 0 bridgehead atoms. The lowest BCUT2D eigenvalue weighted by Gasteiger charge is -2.38. The normalized spacial score (nSPS) is 22.1. The highest BCUT2D eigenvalue weighted by molar-refractivity contribution is 14.1. The first kappa shape index (κ1) is 18.6. The van der Waals surface area contributed by atoms with Crippen molar-refractivity contribution in [3.8, 4) is 0 Å². The summed E-state index contributed by atoms with van der Waals surface area (Å²) >= 11 is 2.21. The summed E-state index contributed by atoms with van der Waals surface area (Å²) in [6.07, 6.45) is 3.46. The molecule has 0 unspecified atom stereocenters. The van der Waals surface area contributed by atoms with E-state index in [2.05, 4.69) is 34.4 Å². The Labute approximate surface area is 163 Å². The van der Waals surface area contributed by atoms with Gasteiger partial charge in [-0.1, -0.05) is 12.1 Å². The summed E-state index contributed by atoms with van der Waals surface area (Å²) in [6.45, 7) is 6.43. The van der Waals surface area contributed by atoms with Crippen molar-refractivity contribution in [1.29, 1.82) is 0 Å². The minimum Gasteiger partial charge on any atom is -0.339 e. The number of rotatable bonds is 3. The van der Waals surface area contributed by atoms with E-state index < -0.39 is 0 Å². The fraction of sp³-hybridized carbons (Fsp3) is 0.579. The van der Waals surface area contributed by atoms with Crippen LogP contribution in [0.5, 0.6) is 0 Å². The van der Waals surface area contributed by atoms with E-state index in [1.165, 1.54) is 6.42 Å². The minimum absolute atomic E-state index is 0.0978. The summed E-state index contributed by atoms with van der Waals surface area (Å²) in [6, 6.07) is 8.07. The maximum atomic E-state index is 12.7. The second-order valence-electron chi connectivity index (χ2n) is 6.98. The van der Waals surface area contributed by atoms with E-state index in [0.717, 1.165) is 41.6 Å². The van der Waals surface area contributed by atoms with Gasteiger partial charge in [-0.15, -0.1) is 0 Å². The molecule has 25 heavy (non-hydrogen) atoms. The van der Waals surface area contributed by atoms with Crippen molar-refractivity contribution < 1.29 is 9.59 Å². The van der Waals surface area contributed by atoms with Crippen LogP contribution in [0.1, 0.15) is 36.5 Å². The maximum Gasteiger partial charge on any atom is 0.255 e. The molecule has 1 atom stereocenters. The Morgan fingerprint density at radius 2 is 1.80 bits per heavy atom. The Bertz CT molecular complexity index is 629. The highest BCUT2D eigenvalue weighted by Crippen LogP contribution is 2.18. The van der Waals surface area contributed by atoms with E-state index in [1.54, 1.807) is 0 Å². The van der Waals surface area contributed by atoms with Gasteiger partial charge >= 0.3 is 0 Å². The zero-order valence-corrected chi connectivity index (χ0v) is 16.9. The Kier molecular flexibility index (Phi) is 6.33. The van der Waals surface area contributed by atoms with E-state index in [1.807, 2.05) is 34.1 Å². The Morgan fingerprint density at radius 1 is 1.08 bits per heavy atom. The van der Waals surface area contributed by atoms with Crippen LogP contribution in [0.3, 0.4) is 0 Å². The van der Waals surface area contributed by atoms with E-state index in [-0.39, 0.29) is 11.8 Å². The van der Waals surface area contributed by atoms with Gasteiger partial charge in [0.2, 0.25) is 5.91 Å². The summed E-state index contributed by atoms with van der Waals surface area (Å²) in [5.74, 6) is 0.338. The van der Waals surface area contributed by atoms with Crippen LogP contribution in [-0.2, 0) is 4.79 Å². The number of nitrogens with zero attached hydrogens (tertiary/aromatic N) is 3. The first-order valence-electron chi connectivity index (χ1n) is 9.12. The number of piperidine rings is 1. The molecule has 2 fully saturated rings. The van der Waals surface area contributed by atoms with Gasteiger partial charge < -0.3 is 9.80 Å². The average Bonchev–Trinajstić information content (AvgIpc) is 2.62. The third-order valence-corrected chi connectivity index (χ3v) is 6.19. The van der Waals surface area contributed by atoms with E-state index in [4.69, 9.17) is 0 Å². The van der Waals surface area contributed by atoms with Gasteiger partial charge in [-0.3, -0.25) is 14.5 Å². The molecule has 2 amide bonds. The molecule has 2 aliphatic heterocycles. The predicted octanol–water partition coefficient (Wildman–Crippen LogP) is 2.45. The number of carbonyl (C=O) groups excluding carboxylic acids is 2. The van der Waals surface area contributed by atoms with Crippen LogP contribution >= 0.6 is 22.6 Å². The van der Waals surface area contributed by atoms with Gasteiger partial charge in [-0.05, 0) is 60.9 Å². The lowest BCUT2D eigenvalue weighted by Crippen LogP contribution is -2.53. The van der Waals surface area contributed by atoms with Crippen LogP contribution in [0, 0.1) is 3.57 Å². The van der Waals surface area contributed by atoms with Crippen molar-refractivity contribution in [2.45, 2.75) is 32.2 Å². The van der Waals surface area contributed by atoms with E-state index >= 15 is 0 Å². The average molecular weight is 455 g/mol. The second-order valence-corrected chi connectivity index (χ2v) is 8.14. The van der Waals surface area contributed by atoms with Crippen LogP contribution < -0.4 is 0 Å². The summed E-state index contributed by atoms with van der Waals surface area (Å²) in [4.78, 5) is 31.4. The smallest absolute Gasteiger partial charge is 0.255 e. The van der Waals surface area contributed by atoms with Gasteiger partial charge in [0.25, 0.3) is 5.91 Å². The first-order chi connectivity index (χ1) is 12.1. The van der Waals surface area contributed by atoms with Gasteiger partial charge in [0.15, 0.2) is 0 Å². The molecule has 0 aromatic heterocycles.